The van der Waals surface area contributed by atoms with Gasteiger partial charge in [-0.25, -0.2) is 4.39 Å². The number of piperidine rings is 1. The lowest BCUT2D eigenvalue weighted by Crippen LogP contribution is -2.37. The van der Waals surface area contributed by atoms with Gasteiger partial charge in [-0.2, -0.15) is 0 Å². The molecule has 1 aromatic carbocycles. The largest absolute Gasteiger partial charge is 0.382 e. The SMILES string of the molecule is Cc1ccc(NC(C)C2CCN(C)CC2)cc1F. The van der Waals surface area contributed by atoms with Crippen molar-refractivity contribution in [1.82, 2.24) is 4.90 Å². The lowest BCUT2D eigenvalue weighted by atomic mass is 9.90. The molecule has 0 bridgehead atoms. The molecule has 1 aliphatic rings. The zero-order chi connectivity index (χ0) is 13.1. The summed E-state index contributed by atoms with van der Waals surface area (Å²) in [6, 6.07) is 5.80. The van der Waals surface area contributed by atoms with Crippen molar-refractivity contribution in [3.63, 3.8) is 0 Å². The summed E-state index contributed by atoms with van der Waals surface area (Å²) >= 11 is 0. The monoisotopic (exact) mass is 250 g/mol. The van der Waals surface area contributed by atoms with E-state index in [2.05, 4.69) is 24.2 Å². The molecule has 1 aliphatic heterocycles. The van der Waals surface area contributed by atoms with Gasteiger partial charge in [-0.05, 0) is 70.4 Å². The highest BCUT2D eigenvalue weighted by Crippen LogP contribution is 2.23. The van der Waals surface area contributed by atoms with Crippen LogP contribution in [-0.2, 0) is 0 Å². The maximum absolute atomic E-state index is 13.5. The normalized spacial score (nSPS) is 19.8. The lowest BCUT2D eigenvalue weighted by Gasteiger charge is -2.33. The molecule has 1 atom stereocenters. The Balaban J connectivity index is 1.94. The van der Waals surface area contributed by atoms with E-state index in [4.69, 9.17) is 0 Å². The second-order valence-electron chi connectivity index (χ2n) is 5.54. The molecule has 18 heavy (non-hydrogen) atoms. The number of aryl methyl sites for hydroxylation is 1. The number of likely N-dealkylation sites (tertiary alicyclic amines) is 1. The van der Waals surface area contributed by atoms with Gasteiger partial charge in [0, 0.05) is 11.7 Å². The highest BCUT2D eigenvalue weighted by Gasteiger charge is 2.22. The van der Waals surface area contributed by atoms with Crippen molar-refractivity contribution < 1.29 is 4.39 Å². The predicted molar refractivity (Wildman–Crippen MR) is 74.4 cm³/mol. The molecule has 1 heterocycles. The zero-order valence-electron chi connectivity index (χ0n) is 11.5. The molecule has 0 radical (unpaired) electrons. The van der Waals surface area contributed by atoms with Crippen LogP contribution in [0.3, 0.4) is 0 Å². The van der Waals surface area contributed by atoms with E-state index in [-0.39, 0.29) is 5.82 Å². The van der Waals surface area contributed by atoms with Gasteiger partial charge in [-0.1, -0.05) is 6.07 Å². The van der Waals surface area contributed by atoms with Gasteiger partial charge in [0.1, 0.15) is 5.82 Å². The number of halogens is 1. The highest BCUT2D eigenvalue weighted by molar-refractivity contribution is 5.46. The molecule has 3 heteroatoms. The Morgan fingerprint density at radius 3 is 2.61 bits per heavy atom. The summed E-state index contributed by atoms with van der Waals surface area (Å²) in [5.74, 6) is 0.557. The van der Waals surface area contributed by atoms with E-state index in [9.17, 15) is 4.39 Å². The topological polar surface area (TPSA) is 15.3 Å². The Kier molecular flexibility index (Phi) is 4.23. The number of nitrogens with zero attached hydrogens (tertiary/aromatic N) is 1. The second kappa shape index (κ2) is 5.70. The van der Waals surface area contributed by atoms with Gasteiger partial charge >= 0.3 is 0 Å². The van der Waals surface area contributed by atoms with Crippen molar-refractivity contribution in [3.05, 3.63) is 29.6 Å². The Morgan fingerprint density at radius 2 is 2.00 bits per heavy atom. The Labute approximate surface area is 109 Å². The molecule has 0 aliphatic carbocycles. The van der Waals surface area contributed by atoms with Crippen molar-refractivity contribution >= 4 is 5.69 Å². The summed E-state index contributed by atoms with van der Waals surface area (Å²) in [6.45, 7) is 6.32. The first kappa shape index (κ1) is 13.3. The van der Waals surface area contributed by atoms with Crippen LogP contribution < -0.4 is 5.32 Å². The Morgan fingerprint density at radius 1 is 1.33 bits per heavy atom. The predicted octanol–water partition coefficient (Wildman–Crippen LogP) is 3.28. The second-order valence-corrected chi connectivity index (χ2v) is 5.54. The van der Waals surface area contributed by atoms with Crippen molar-refractivity contribution in [1.29, 1.82) is 0 Å². The van der Waals surface area contributed by atoms with Crippen molar-refractivity contribution in [3.8, 4) is 0 Å². The molecular weight excluding hydrogens is 227 g/mol. The van der Waals surface area contributed by atoms with Crippen LogP contribution in [0.25, 0.3) is 0 Å². The van der Waals surface area contributed by atoms with Crippen LogP contribution in [0, 0.1) is 18.7 Å². The Hall–Kier alpha value is -1.09. The van der Waals surface area contributed by atoms with Gasteiger partial charge in [-0.3, -0.25) is 0 Å². The fourth-order valence-corrected chi connectivity index (χ4v) is 2.59. The molecule has 0 amide bonds. The molecule has 2 nitrogen and oxygen atoms in total. The maximum atomic E-state index is 13.5. The minimum Gasteiger partial charge on any atom is -0.382 e. The third-order valence-corrected chi connectivity index (χ3v) is 4.04. The first-order chi connectivity index (χ1) is 8.56. The summed E-state index contributed by atoms with van der Waals surface area (Å²) in [6.07, 6.45) is 2.44. The summed E-state index contributed by atoms with van der Waals surface area (Å²) in [5, 5.41) is 3.44. The highest BCUT2D eigenvalue weighted by atomic mass is 19.1. The number of hydrogen-bond donors (Lipinski definition) is 1. The van der Waals surface area contributed by atoms with Crippen molar-refractivity contribution in [2.24, 2.45) is 5.92 Å². The average Bonchev–Trinajstić information content (AvgIpc) is 2.34. The fraction of sp³-hybridized carbons (Fsp3) is 0.600. The number of rotatable bonds is 3. The average molecular weight is 250 g/mol. The van der Waals surface area contributed by atoms with Gasteiger partial charge in [0.25, 0.3) is 0 Å². The molecule has 1 fully saturated rings. The van der Waals surface area contributed by atoms with Crippen LogP contribution in [-0.4, -0.2) is 31.1 Å². The van der Waals surface area contributed by atoms with Crippen LogP contribution in [0.1, 0.15) is 25.3 Å². The molecule has 2 rings (SSSR count). The van der Waals surface area contributed by atoms with Gasteiger partial charge in [-0.15, -0.1) is 0 Å². The quantitative estimate of drug-likeness (QED) is 0.885. The summed E-state index contributed by atoms with van der Waals surface area (Å²) in [5.41, 5.74) is 1.59. The van der Waals surface area contributed by atoms with Gasteiger partial charge < -0.3 is 10.2 Å². The summed E-state index contributed by atoms with van der Waals surface area (Å²) in [4.78, 5) is 2.37. The standard InChI is InChI=1S/C15H23FN2/c1-11-4-5-14(10-15(11)16)17-12(2)13-6-8-18(3)9-7-13/h4-5,10,12-13,17H,6-9H2,1-3H3. The van der Waals surface area contributed by atoms with E-state index in [0.717, 1.165) is 5.69 Å². The molecule has 1 aromatic rings. The van der Waals surface area contributed by atoms with E-state index in [0.29, 0.717) is 17.5 Å². The number of nitrogens with one attached hydrogen (secondary N) is 1. The first-order valence-corrected chi connectivity index (χ1v) is 6.77. The third-order valence-electron chi connectivity index (χ3n) is 4.04. The van der Waals surface area contributed by atoms with E-state index in [1.165, 1.54) is 25.9 Å². The minimum absolute atomic E-state index is 0.129. The van der Waals surface area contributed by atoms with Gasteiger partial charge in [0.15, 0.2) is 0 Å². The number of hydrogen-bond acceptors (Lipinski definition) is 2. The van der Waals surface area contributed by atoms with Crippen LogP contribution in [0.5, 0.6) is 0 Å². The van der Waals surface area contributed by atoms with Crippen LogP contribution >= 0.6 is 0 Å². The van der Waals surface area contributed by atoms with E-state index in [1.807, 2.05) is 12.1 Å². The van der Waals surface area contributed by atoms with Crippen molar-refractivity contribution in [2.75, 3.05) is 25.5 Å². The summed E-state index contributed by atoms with van der Waals surface area (Å²) in [7, 11) is 2.17. The summed E-state index contributed by atoms with van der Waals surface area (Å²) < 4.78 is 13.5. The molecule has 1 N–H and O–H groups in total. The van der Waals surface area contributed by atoms with Gasteiger partial charge in [0.2, 0.25) is 0 Å². The minimum atomic E-state index is -0.129. The molecule has 0 aromatic heterocycles. The molecule has 1 unspecified atom stereocenters. The lowest BCUT2D eigenvalue weighted by molar-refractivity contribution is 0.208. The molecule has 1 saturated heterocycles. The molecule has 0 spiro atoms. The van der Waals surface area contributed by atoms with Gasteiger partial charge in [0.05, 0.1) is 0 Å². The number of anilines is 1. The smallest absolute Gasteiger partial charge is 0.128 e. The third kappa shape index (κ3) is 3.22. The van der Waals surface area contributed by atoms with Crippen molar-refractivity contribution in [2.45, 2.75) is 32.7 Å². The molecule has 0 saturated carbocycles. The van der Waals surface area contributed by atoms with Crippen LogP contribution in [0.15, 0.2) is 18.2 Å². The van der Waals surface area contributed by atoms with E-state index < -0.39 is 0 Å². The fourth-order valence-electron chi connectivity index (χ4n) is 2.59. The molecule has 100 valence electrons. The van der Waals surface area contributed by atoms with E-state index >= 15 is 0 Å². The van der Waals surface area contributed by atoms with E-state index in [1.54, 1.807) is 13.0 Å². The first-order valence-electron chi connectivity index (χ1n) is 6.77. The van der Waals surface area contributed by atoms with Crippen LogP contribution in [0.2, 0.25) is 0 Å². The Bertz CT molecular complexity index is 397. The zero-order valence-corrected chi connectivity index (χ0v) is 11.5. The van der Waals surface area contributed by atoms with Crippen LogP contribution in [0.4, 0.5) is 10.1 Å². The molecular formula is C15H23FN2. The maximum Gasteiger partial charge on any atom is 0.128 e. The number of benzene rings is 1.